The van der Waals surface area contributed by atoms with Crippen molar-refractivity contribution in [2.24, 2.45) is 0 Å². The van der Waals surface area contributed by atoms with Crippen LogP contribution in [0.2, 0.25) is 0 Å². The third-order valence-corrected chi connectivity index (χ3v) is 4.43. The lowest BCUT2D eigenvalue weighted by Crippen LogP contribution is -2.11. The van der Waals surface area contributed by atoms with E-state index < -0.39 is 0 Å². The van der Waals surface area contributed by atoms with E-state index in [1.165, 1.54) is 11.3 Å². The van der Waals surface area contributed by atoms with Crippen molar-refractivity contribution in [1.29, 1.82) is 5.26 Å². The zero-order valence-corrected chi connectivity index (χ0v) is 14.2. The maximum Gasteiger partial charge on any atom is 0.257 e. The van der Waals surface area contributed by atoms with Crippen LogP contribution in [0.3, 0.4) is 0 Å². The molecular weight excluding hydrogens is 374 g/mol. The van der Waals surface area contributed by atoms with Gasteiger partial charge >= 0.3 is 0 Å². The standard InChI is InChI=1S/C17H10BrN3OS/c18-14-7-5-12(6-8-14)15-10-23-17(20-15)21-16(22)13-3-1-11(9-19)2-4-13/h1-8,10H,(H,20,21,22). The van der Waals surface area contributed by atoms with E-state index in [4.69, 9.17) is 5.26 Å². The van der Waals surface area contributed by atoms with Gasteiger partial charge < -0.3 is 0 Å². The molecule has 1 amide bonds. The van der Waals surface area contributed by atoms with Gasteiger partial charge in [0.05, 0.1) is 17.3 Å². The number of anilines is 1. The number of hydrogen-bond donors (Lipinski definition) is 1. The van der Waals surface area contributed by atoms with E-state index in [-0.39, 0.29) is 5.91 Å². The molecule has 112 valence electrons. The molecule has 4 nitrogen and oxygen atoms in total. The lowest BCUT2D eigenvalue weighted by Gasteiger charge is -2.01. The van der Waals surface area contributed by atoms with Gasteiger partial charge in [0.2, 0.25) is 0 Å². The number of benzene rings is 2. The largest absolute Gasteiger partial charge is 0.298 e. The van der Waals surface area contributed by atoms with E-state index in [1.807, 2.05) is 35.7 Å². The fraction of sp³-hybridized carbons (Fsp3) is 0. The Balaban J connectivity index is 1.74. The summed E-state index contributed by atoms with van der Waals surface area (Å²) >= 11 is 4.77. The molecule has 0 aliphatic carbocycles. The number of carbonyl (C=O) groups excluding carboxylic acids is 1. The molecule has 0 radical (unpaired) electrons. The Hall–Kier alpha value is -2.49. The van der Waals surface area contributed by atoms with Crippen molar-refractivity contribution in [3.63, 3.8) is 0 Å². The van der Waals surface area contributed by atoms with E-state index in [0.717, 1.165) is 15.7 Å². The molecule has 0 aliphatic heterocycles. The van der Waals surface area contributed by atoms with Gasteiger partial charge in [0.25, 0.3) is 5.91 Å². The Morgan fingerprint density at radius 3 is 2.48 bits per heavy atom. The molecule has 0 atom stereocenters. The Morgan fingerprint density at radius 1 is 1.13 bits per heavy atom. The van der Waals surface area contributed by atoms with Crippen LogP contribution in [0.1, 0.15) is 15.9 Å². The summed E-state index contributed by atoms with van der Waals surface area (Å²) in [6.07, 6.45) is 0. The van der Waals surface area contributed by atoms with Gasteiger partial charge in [-0.3, -0.25) is 10.1 Å². The monoisotopic (exact) mass is 383 g/mol. The van der Waals surface area contributed by atoms with Gasteiger partial charge in [-0.1, -0.05) is 28.1 Å². The number of nitrogens with zero attached hydrogens (tertiary/aromatic N) is 2. The number of nitrogens with one attached hydrogen (secondary N) is 1. The van der Waals surface area contributed by atoms with Crippen LogP contribution in [0.4, 0.5) is 5.13 Å². The number of halogens is 1. The third kappa shape index (κ3) is 3.65. The fourth-order valence-electron chi connectivity index (χ4n) is 1.95. The molecule has 0 spiro atoms. The van der Waals surface area contributed by atoms with E-state index >= 15 is 0 Å². The summed E-state index contributed by atoms with van der Waals surface area (Å²) in [6.45, 7) is 0. The van der Waals surface area contributed by atoms with Gasteiger partial charge in [0, 0.05) is 21.0 Å². The minimum atomic E-state index is -0.244. The van der Waals surface area contributed by atoms with Crippen molar-refractivity contribution in [1.82, 2.24) is 4.98 Å². The summed E-state index contributed by atoms with van der Waals surface area (Å²) in [4.78, 5) is 16.6. The number of thiazole rings is 1. The van der Waals surface area contributed by atoms with Crippen LogP contribution in [0.25, 0.3) is 11.3 Å². The molecule has 1 N–H and O–H groups in total. The average molecular weight is 384 g/mol. The van der Waals surface area contributed by atoms with Crippen LogP contribution >= 0.6 is 27.3 Å². The summed E-state index contributed by atoms with van der Waals surface area (Å²) in [5.74, 6) is -0.244. The van der Waals surface area contributed by atoms with E-state index in [2.05, 4.69) is 26.2 Å². The zero-order chi connectivity index (χ0) is 16.2. The van der Waals surface area contributed by atoms with Crippen LogP contribution in [-0.2, 0) is 0 Å². The van der Waals surface area contributed by atoms with E-state index in [9.17, 15) is 4.79 Å². The number of rotatable bonds is 3. The highest BCUT2D eigenvalue weighted by Crippen LogP contribution is 2.26. The minimum Gasteiger partial charge on any atom is -0.298 e. The quantitative estimate of drug-likeness (QED) is 0.712. The Bertz CT molecular complexity index is 879. The summed E-state index contributed by atoms with van der Waals surface area (Å²) < 4.78 is 1.01. The molecule has 0 aliphatic rings. The van der Waals surface area contributed by atoms with Gasteiger partial charge in [-0.2, -0.15) is 5.26 Å². The molecular formula is C17H10BrN3OS. The first-order valence-corrected chi connectivity index (χ1v) is 8.36. The van der Waals surface area contributed by atoms with Crippen LogP contribution in [0, 0.1) is 11.3 Å². The molecule has 1 heterocycles. The highest BCUT2D eigenvalue weighted by Gasteiger charge is 2.10. The SMILES string of the molecule is N#Cc1ccc(C(=O)Nc2nc(-c3ccc(Br)cc3)cs2)cc1. The molecule has 0 saturated heterocycles. The number of hydrogen-bond acceptors (Lipinski definition) is 4. The molecule has 2 aromatic carbocycles. The van der Waals surface area contributed by atoms with Gasteiger partial charge in [-0.05, 0) is 36.4 Å². The zero-order valence-electron chi connectivity index (χ0n) is 11.8. The molecule has 0 bridgehead atoms. The number of amides is 1. The summed E-state index contributed by atoms with van der Waals surface area (Å²) in [6, 6.07) is 16.3. The molecule has 0 unspecified atom stereocenters. The topological polar surface area (TPSA) is 65.8 Å². The smallest absolute Gasteiger partial charge is 0.257 e. The first-order valence-electron chi connectivity index (χ1n) is 6.69. The number of nitriles is 1. The van der Waals surface area contributed by atoms with Crippen LogP contribution in [0.5, 0.6) is 0 Å². The maximum atomic E-state index is 12.2. The molecule has 6 heteroatoms. The van der Waals surface area contributed by atoms with E-state index in [0.29, 0.717) is 16.3 Å². The first-order chi connectivity index (χ1) is 11.2. The fourth-order valence-corrected chi connectivity index (χ4v) is 2.93. The maximum absolute atomic E-state index is 12.2. The highest BCUT2D eigenvalue weighted by atomic mass is 79.9. The highest BCUT2D eigenvalue weighted by molar-refractivity contribution is 9.10. The Labute approximate surface area is 145 Å². The van der Waals surface area contributed by atoms with Crippen molar-refractivity contribution in [2.45, 2.75) is 0 Å². The van der Waals surface area contributed by atoms with E-state index in [1.54, 1.807) is 24.3 Å². The summed E-state index contributed by atoms with van der Waals surface area (Å²) in [7, 11) is 0. The van der Waals surface area contributed by atoms with Crippen molar-refractivity contribution in [2.75, 3.05) is 5.32 Å². The van der Waals surface area contributed by atoms with Crippen molar-refractivity contribution in [3.05, 3.63) is 69.5 Å². The predicted octanol–water partition coefficient (Wildman–Crippen LogP) is 4.70. The van der Waals surface area contributed by atoms with Gasteiger partial charge in [0.1, 0.15) is 0 Å². The van der Waals surface area contributed by atoms with Gasteiger partial charge in [-0.25, -0.2) is 4.98 Å². The minimum absolute atomic E-state index is 0.244. The Kier molecular flexibility index (Phi) is 4.51. The molecule has 0 fully saturated rings. The molecule has 3 aromatic rings. The van der Waals surface area contributed by atoms with Crippen LogP contribution in [0.15, 0.2) is 58.4 Å². The number of aromatic nitrogens is 1. The average Bonchev–Trinajstić information content (AvgIpc) is 3.04. The second kappa shape index (κ2) is 6.73. The second-order valence-corrected chi connectivity index (χ2v) is 6.46. The molecule has 3 rings (SSSR count). The molecule has 0 saturated carbocycles. The summed E-state index contributed by atoms with van der Waals surface area (Å²) in [5, 5.41) is 14.0. The van der Waals surface area contributed by atoms with Gasteiger partial charge in [0.15, 0.2) is 5.13 Å². The normalized spacial score (nSPS) is 10.1. The molecule has 23 heavy (non-hydrogen) atoms. The summed E-state index contributed by atoms with van der Waals surface area (Å²) in [5.41, 5.74) is 2.82. The van der Waals surface area contributed by atoms with Gasteiger partial charge in [-0.15, -0.1) is 11.3 Å². The van der Waals surface area contributed by atoms with Crippen LogP contribution < -0.4 is 5.32 Å². The van der Waals surface area contributed by atoms with Crippen molar-refractivity contribution in [3.8, 4) is 17.3 Å². The Morgan fingerprint density at radius 2 is 1.83 bits per heavy atom. The third-order valence-electron chi connectivity index (χ3n) is 3.14. The molecule has 1 aromatic heterocycles. The lowest BCUT2D eigenvalue weighted by molar-refractivity contribution is 0.102. The predicted molar refractivity (Wildman–Crippen MR) is 94.4 cm³/mol. The van der Waals surface area contributed by atoms with Crippen molar-refractivity contribution >= 4 is 38.3 Å². The second-order valence-electron chi connectivity index (χ2n) is 4.69. The number of carbonyl (C=O) groups is 1. The lowest BCUT2D eigenvalue weighted by atomic mass is 10.1. The van der Waals surface area contributed by atoms with Crippen molar-refractivity contribution < 1.29 is 4.79 Å². The van der Waals surface area contributed by atoms with Crippen LogP contribution in [-0.4, -0.2) is 10.9 Å². The first kappa shape index (κ1) is 15.4.